The summed E-state index contributed by atoms with van der Waals surface area (Å²) in [6.07, 6.45) is 3.70. The van der Waals surface area contributed by atoms with Crippen molar-refractivity contribution in [3.05, 3.63) is 0 Å². The minimum absolute atomic E-state index is 0.0976. The molecule has 1 atom stereocenters. The molecule has 2 aliphatic heterocycles. The van der Waals surface area contributed by atoms with Crippen molar-refractivity contribution in [2.45, 2.75) is 31.8 Å². The van der Waals surface area contributed by atoms with E-state index in [1.807, 2.05) is 0 Å². The Hall–Kier alpha value is -0.160. The number of nitrogens with one attached hydrogen (secondary N) is 2. The molecule has 0 aromatic carbocycles. The molecule has 0 saturated carbocycles. The van der Waals surface area contributed by atoms with E-state index in [9.17, 15) is 0 Å². The zero-order valence-electron chi connectivity index (χ0n) is 11.1. The Morgan fingerprint density at radius 1 is 1.29 bits per heavy atom. The van der Waals surface area contributed by atoms with Crippen LogP contribution < -0.4 is 10.6 Å². The molecular weight excluding hydrogens is 214 g/mol. The van der Waals surface area contributed by atoms with Crippen molar-refractivity contribution in [3.8, 4) is 0 Å². The van der Waals surface area contributed by atoms with Crippen molar-refractivity contribution >= 4 is 0 Å². The van der Waals surface area contributed by atoms with Gasteiger partial charge in [0.25, 0.3) is 0 Å². The highest BCUT2D eigenvalue weighted by Crippen LogP contribution is 2.23. The van der Waals surface area contributed by atoms with Gasteiger partial charge in [-0.25, -0.2) is 0 Å². The van der Waals surface area contributed by atoms with Crippen LogP contribution in [0.5, 0.6) is 0 Å². The molecule has 0 aromatic heterocycles. The van der Waals surface area contributed by atoms with E-state index in [-0.39, 0.29) is 5.60 Å². The molecule has 0 aromatic rings. The van der Waals surface area contributed by atoms with Gasteiger partial charge in [-0.1, -0.05) is 0 Å². The van der Waals surface area contributed by atoms with Crippen molar-refractivity contribution in [1.82, 2.24) is 15.5 Å². The molecule has 0 radical (unpaired) electrons. The molecule has 1 unspecified atom stereocenters. The standard InChI is InChI=1S/C13H27N3O/c1-13(4-2-11-17-13)12-15-7-10-16-8-3-5-14-6-9-16/h14-15H,2-12H2,1H3. The Labute approximate surface area is 105 Å². The fourth-order valence-corrected chi connectivity index (χ4v) is 2.69. The lowest BCUT2D eigenvalue weighted by Gasteiger charge is -2.25. The van der Waals surface area contributed by atoms with Crippen LogP contribution in [0.4, 0.5) is 0 Å². The molecule has 0 aliphatic carbocycles. The van der Waals surface area contributed by atoms with Gasteiger partial charge in [0.15, 0.2) is 0 Å². The second kappa shape index (κ2) is 6.69. The average molecular weight is 241 g/mol. The molecule has 0 amide bonds. The van der Waals surface area contributed by atoms with E-state index in [1.165, 1.54) is 38.9 Å². The van der Waals surface area contributed by atoms with Crippen LogP contribution in [0.1, 0.15) is 26.2 Å². The lowest BCUT2D eigenvalue weighted by molar-refractivity contribution is 0.0206. The Morgan fingerprint density at radius 3 is 3.06 bits per heavy atom. The second-order valence-corrected chi connectivity index (χ2v) is 5.52. The van der Waals surface area contributed by atoms with Crippen molar-refractivity contribution in [1.29, 1.82) is 0 Å². The third-order valence-electron chi connectivity index (χ3n) is 3.84. The normalized spacial score (nSPS) is 31.6. The predicted octanol–water partition coefficient (Wildman–Crippen LogP) is 0.440. The van der Waals surface area contributed by atoms with Gasteiger partial charge >= 0.3 is 0 Å². The third kappa shape index (κ3) is 4.54. The van der Waals surface area contributed by atoms with Crippen LogP contribution in [-0.2, 0) is 4.74 Å². The van der Waals surface area contributed by atoms with Crippen LogP contribution in [0.15, 0.2) is 0 Å². The smallest absolute Gasteiger partial charge is 0.0779 e. The maximum atomic E-state index is 5.77. The summed E-state index contributed by atoms with van der Waals surface area (Å²) in [7, 11) is 0. The summed E-state index contributed by atoms with van der Waals surface area (Å²) < 4.78 is 5.77. The summed E-state index contributed by atoms with van der Waals surface area (Å²) in [5.74, 6) is 0. The summed E-state index contributed by atoms with van der Waals surface area (Å²) in [4.78, 5) is 2.55. The van der Waals surface area contributed by atoms with E-state index in [0.29, 0.717) is 0 Å². The van der Waals surface area contributed by atoms with Crippen molar-refractivity contribution in [3.63, 3.8) is 0 Å². The molecule has 100 valence electrons. The summed E-state index contributed by atoms with van der Waals surface area (Å²) in [6, 6.07) is 0. The molecule has 4 nitrogen and oxygen atoms in total. The summed E-state index contributed by atoms with van der Waals surface area (Å²) in [5, 5.41) is 6.98. The number of hydrogen-bond acceptors (Lipinski definition) is 4. The summed E-state index contributed by atoms with van der Waals surface area (Å²) in [6.45, 7) is 11.2. The van der Waals surface area contributed by atoms with Gasteiger partial charge in [-0.15, -0.1) is 0 Å². The Kier molecular flexibility index (Phi) is 5.22. The van der Waals surface area contributed by atoms with Gasteiger partial charge in [-0.2, -0.15) is 0 Å². The van der Waals surface area contributed by atoms with Crippen molar-refractivity contribution in [2.75, 3.05) is 52.4 Å². The van der Waals surface area contributed by atoms with Crippen LogP contribution in [0, 0.1) is 0 Å². The predicted molar refractivity (Wildman–Crippen MR) is 70.4 cm³/mol. The molecular formula is C13H27N3O. The number of ether oxygens (including phenoxy) is 1. The lowest BCUT2D eigenvalue weighted by Crippen LogP contribution is -2.41. The molecule has 2 fully saturated rings. The highest BCUT2D eigenvalue weighted by molar-refractivity contribution is 4.82. The van der Waals surface area contributed by atoms with Gasteiger partial charge in [0.2, 0.25) is 0 Å². The van der Waals surface area contributed by atoms with E-state index >= 15 is 0 Å². The maximum Gasteiger partial charge on any atom is 0.0779 e. The van der Waals surface area contributed by atoms with Crippen LogP contribution in [0.3, 0.4) is 0 Å². The molecule has 2 aliphatic rings. The number of rotatable bonds is 5. The first kappa shape index (κ1) is 13.3. The number of hydrogen-bond donors (Lipinski definition) is 2. The Balaban J connectivity index is 1.56. The largest absolute Gasteiger partial charge is 0.374 e. The molecule has 0 spiro atoms. The minimum Gasteiger partial charge on any atom is -0.374 e. The lowest BCUT2D eigenvalue weighted by atomic mass is 10.0. The summed E-state index contributed by atoms with van der Waals surface area (Å²) >= 11 is 0. The molecule has 17 heavy (non-hydrogen) atoms. The monoisotopic (exact) mass is 241 g/mol. The first-order chi connectivity index (χ1) is 8.29. The molecule has 2 rings (SSSR count). The van der Waals surface area contributed by atoms with Gasteiger partial charge in [0.1, 0.15) is 0 Å². The zero-order chi connectivity index (χ0) is 12.0. The maximum absolute atomic E-state index is 5.77. The Morgan fingerprint density at radius 2 is 2.24 bits per heavy atom. The van der Waals surface area contributed by atoms with E-state index < -0.39 is 0 Å². The molecule has 4 heteroatoms. The van der Waals surface area contributed by atoms with Crippen molar-refractivity contribution in [2.24, 2.45) is 0 Å². The van der Waals surface area contributed by atoms with Gasteiger partial charge in [0, 0.05) is 39.3 Å². The fraction of sp³-hybridized carbons (Fsp3) is 1.00. The molecule has 2 N–H and O–H groups in total. The third-order valence-corrected chi connectivity index (χ3v) is 3.84. The first-order valence-corrected chi connectivity index (χ1v) is 7.06. The minimum atomic E-state index is 0.0976. The molecule has 0 bridgehead atoms. The topological polar surface area (TPSA) is 36.5 Å². The summed E-state index contributed by atoms with van der Waals surface area (Å²) in [5.41, 5.74) is 0.0976. The Bertz CT molecular complexity index is 209. The quantitative estimate of drug-likeness (QED) is 0.685. The van der Waals surface area contributed by atoms with E-state index in [4.69, 9.17) is 4.74 Å². The van der Waals surface area contributed by atoms with Gasteiger partial charge in [-0.05, 0) is 39.3 Å². The SMILES string of the molecule is CC1(CNCCN2CCCNCC2)CCCO1. The molecule has 2 saturated heterocycles. The molecule has 2 heterocycles. The van der Waals surface area contributed by atoms with Crippen molar-refractivity contribution < 1.29 is 4.74 Å². The van der Waals surface area contributed by atoms with Gasteiger partial charge in [-0.3, -0.25) is 0 Å². The van der Waals surface area contributed by atoms with E-state index in [0.717, 1.165) is 32.8 Å². The first-order valence-electron chi connectivity index (χ1n) is 7.06. The highest BCUT2D eigenvalue weighted by atomic mass is 16.5. The van der Waals surface area contributed by atoms with E-state index in [1.54, 1.807) is 0 Å². The van der Waals surface area contributed by atoms with Crippen LogP contribution in [0.25, 0.3) is 0 Å². The average Bonchev–Trinajstić information content (AvgIpc) is 2.61. The number of nitrogens with zero attached hydrogens (tertiary/aromatic N) is 1. The zero-order valence-corrected chi connectivity index (χ0v) is 11.1. The van der Waals surface area contributed by atoms with E-state index in [2.05, 4.69) is 22.5 Å². The fourth-order valence-electron chi connectivity index (χ4n) is 2.69. The highest BCUT2D eigenvalue weighted by Gasteiger charge is 2.28. The van der Waals surface area contributed by atoms with Gasteiger partial charge < -0.3 is 20.3 Å². The van der Waals surface area contributed by atoms with Crippen LogP contribution >= 0.6 is 0 Å². The van der Waals surface area contributed by atoms with Crippen LogP contribution in [0.2, 0.25) is 0 Å². The second-order valence-electron chi connectivity index (χ2n) is 5.52. The van der Waals surface area contributed by atoms with Crippen LogP contribution in [-0.4, -0.2) is 62.9 Å². The van der Waals surface area contributed by atoms with Gasteiger partial charge in [0.05, 0.1) is 5.60 Å².